The van der Waals surface area contributed by atoms with Crippen LogP contribution in [0.2, 0.25) is 0 Å². The molecule has 1 heterocycles. The lowest BCUT2D eigenvalue weighted by atomic mass is 9.96. The van der Waals surface area contributed by atoms with Crippen molar-refractivity contribution in [3.63, 3.8) is 0 Å². The highest BCUT2D eigenvalue weighted by atomic mass is 19.1. The van der Waals surface area contributed by atoms with Gasteiger partial charge in [-0.3, -0.25) is 0 Å². The van der Waals surface area contributed by atoms with Crippen LogP contribution < -0.4 is 14.4 Å². The molecule has 1 aliphatic carbocycles. The van der Waals surface area contributed by atoms with E-state index in [2.05, 4.69) is 0 Å². The topological polar surface area (TPSA) is 59.0 Å². The van der Waals surface area contributed by atoms with Gasteiger partial charge in [0.1, 0.15) is 23.7 Å². The van der Waals surface area contributed by atoms with Crippen LogP contribution in [0.3, 0.4) is 0 Å². The van der Waals surface area contributed by atoms with Gasteiger partial charge in [0.05, 0.1) is 18.3 Å². The van der Waals surface area contributed by atoms with Gasteiger partial charge in [-0.05, 0) is 49.6 Å². The first-order valence-electron chi connectivity index (χ1n) is 8.81. The average Bonchev–Trinajstić information content (AvgIpc) is 2.59. The van der Waals surface area contributed by atoms with Gasteiger partial charge < -0.3 is 19.5 Å². The van der Waals surface area contributed by atoms with Crippen molar-refractivity contribution in [2.45, 2.75) is 31.9 Å². The summed E-state index contributed by atoms with van der Waals surface area (Å²) in [5.74, 6) is -0.278. The minimum Gasteiger partial charge on any atom is -0.490 e. The van der Waals surface area contributed by atoms with Crippen LogP contribution in [0.15, 0.2) is 36.4 Å². The van der Waals surface area contributed by atoms with E-state index in [4.69, 9.17) is 9.47 Å². The second kappa shape index (κ2) is 6.86. The first-order valence-corrected chi connectivity index (χ1v) is 8.81. The molecule has 0 aromatic heterocycles. The summed E-state index contributed by atoms with van der Waals surface area (Å²) in [6.07, 6.45) is 3.42. The number of anilines is 1. The van der Waals surface area contributed by atoms with E-state index in [1.807, 2.05) is 11.0 Å². The molecule has 2 aliphatic rings. The van der Waals surface area contributed by atoms with Gasteiger partial charge in [0.15, 0.2) is 5.75 Å². The van der Waals surface area contributed by atoms with Crippen LogP contribution in [0.1, 0.15) is 35.2 Å². The zero-order valence-electron chi connectivity index (χ0n) is 14.3. The van der Waals surface area contributed by atoms with E-state index in [9.17, 15) is 14.3 Å². The number of carboxylic acids is 1. The lowest BCUT2D eigenvalue weighted by Gasteiger charge is -2.33. The molecule has 4 rings (SSSR count). The first-order chi connectivity index (χ1) is 12.6. The van der Waals surface area contributed by atoms with Crippen molar-refractivity contribution >= 4 is 11.7 Å². The lowest BCUT2D eigenvalue weighted by Crippen LogP contribution is -2.33. The molecule has 5 nitrogen and oxygen atoms in total. The number of fused-ring (bicyclic) bond motifs is 1. The number of ether oxygens (including phenoxy) is 2. The predicted octanol–water partition coefficient (Wildman–Crippen LogP) is 3.85. The molecule has 0 spiro atoms. The number of hydrogen-bond acceptors (Lipinski definition) is 4. The monoisotopic (exact) mass is 357 g/mol. The molecule has 0 radical (unpaired) electrons. The summed E-state index contributed by atoms with van der Waals surface area (Å²) < 4.78 is 25.4. The van der Waals surface area contributed by atoms with E-state index in [0.717, 1.165) is 24.8 Å². The Bertz CT molecular complexity index is 835. The molecule has 0 unspecified atom stereocenters. The highest BCUT2D eigenvalue weighted by Crippen LogP contribution is 2.37. The van der Waals surface area contributed by atoms with Crippen LogP contribution in [0.4, 0.5) is 10.1 Å². The molecule has 1 saturated carbocycles. The molecule has 0 atom stereocenters. The number of carbonyl (C=O) groups is 1. The SMILES string of the molecule is O=C(O)c1cccc2c1OCCN2Cc1cc(F)ccc1OC1CCC1. The zero-order chi connectivity index (χ0) is 18.1. The molecule has 2 aromatic carbocycles. The molecule has 26 heavy (non-hydrogen) atoms. The van der Waals surface area contributed by atoms with E-state index < -0.39 is 5.97 Å². The fraction of sp³-hybridized carbons (Fsp3) is 0.350. The summed E-state index contributed by atoms with van der Waals surface area (Å²) in [5, 5.41) is 9.36. The Morgan fingerprint density at radius 3 is 2.88 bits per heavy atom. The minimum atomic E-state index is -1.02. The van der Waals surface area contributed by atoms with Crippen LogP contribution in [0.5, 0.6) is 11.5 Å². The van der Waals surface area contributed by atoms with Gasteiger partial charge in [-0.25, -0.2) is 9.18 Å². The largest absolute Gasteiger partial charge is 0.490 e. The highest BCUT2D eigenvalue weighted by molar-refractivity contribution is 5.93. The van der Waals surface area contributed by atoms with Gasteiger partial charge in [0.2, 0.25) is 0 Å². The third-order valence-electron chi connectivity index (χ3n) is 4.90. The Kier molecular flexibility index (Phi) is 4.41. The molecule has 0 bridgehead atoms. The van der Waals surface area contributed by atoms with Crippen molar-refractivity contribution in [1.29, 1.82) is 0 Å². The van der Waals surface area contributed by atoms with Gasteiger partial charge in [-0.15, -0.1) is 0 Å². The molecule has 6 heteroatoms. The third-order valence-corrected chi connectivity index (χ3v) is 4.90. The van der Waals surface area contributed by atoms with Crippen molar-refractivity contribution < 1.29 is 23.8 Å². The van der Waals surface area contributed by atoms with Crippen LogP contribution in [-0.4, -0.2) is 30.3 Å². The fourth-order valence-corrected chi connectivity index (χ4v) is 3.30. The molecule has 1 fully saturated rings. The van der Waals surface area contributed by atoms with Crippen molar-refractivity contribution in [2.24, 2.45) is 0 Å². The third kappa shape index (κ3) is 3.19. The molecule has 0 saturated heterocycles. The number of rotatable bonds is 5. The molecular weight excluding hydrogens is 337 g/mol. The van der Waals surface area contributed by atoms with Gasteiger partial charge >= 0.3 is 5.97 Å². The van der Waals surface area contributed by atoms with Gasteiger partial charge in [-0.1, -0.05) is 6.07 Å². The summed E-state index contributed by atoms with van der Waals surface area (Å²) >= 11 is 0. The lowest BCUT2D eigenvalue weighted by molar-refractivity contribution is 0.0692. The summed E-state index contributed by atoms with van der Waals surface area (Å²) in [6, 6.07) is 9.63. The molecule has 0 amide bonds. The van der Waals surface area contributed by atoms with Crippen LogP contribution in [0, 0.1) is 5.82 Å². The second-order valence-corrected chi connectivity index (χ2v) is 6.65. The van der Waals surface area contributed by atoms with E-state index in [-0.39, 0.29) is 17.5 Å². The second-order valence-electron chi connectivity index (χ2n) is 6.65. The zero-order valence-corrected chi connectivity index (χ0v) is 14.3. The highest BCUT2D eigenvalue weighted by Gasteiger charge is 2.25. The first kappa shape index (κ1) is 16.7. The van der Waals surface area contributed by atoms with E-state index in [0.29, 0.717) is 36.9 Å². The van der Waals surface area contributed by atoms with E-state index in [1.54, 1.807) is 12.1 Å². The number of benzene rings is 2. The van der Waals surface area contributed by atoms with E-state index >= 15 is 0 Å². The fourth-order valence-electron chi connectivity index (χ4n) is 3.30. The number of para-hydroxylation sites is 1. The molecule has 1 aliphatic heterocycles. The Morgan fingerprint density at radius 2 is 2.15 bits per heavy atom. The summed E-state index contributed by atoms with van der Waals surface area (Å²) in [7, 11) is 0. The van der Waals surface area contributed by atoms with Crippen molar-refractivity contribution in [3.8, 4) is 11.5 Å². The number of halogens is 1. The Morgan fingerprint density at radius 1 is 1.31 bits per heavy atom. The quantitative estimate of drug-likeness (QED) is 0.881. The van der Waals surface area contributed by atoms with Crippen molar-refractivity contribution in [3.05, 3.63) is 53.3 Å². The molecular formula is C20H20FNO4. The van der Waals surface area contributed by atoms with Crippen molar-refractivity contribution in [1.82, 2.24) is 0 Å². The van der Waals surface area contributed by atoms with E-state index in [1.165, 1.54) is 18.2 Å². The predicted molar refractivity (Wildman–Crippen MR) is 94.6 cm³/mol. The van der Waals surface area contributed by atoms with Crippen LogP contribution in [-0.2, 0) is 6.54 Å². The molecule has 2 aromatic rings. The Hall–Kier alpha value is -2.76. The maximum absolute atomic E-state index is 13.8. The number of carboxylic acid groups (broad SMARTS) is 1. The maximum Gasteiger partial charge on any atom is 0.339 e. The Balaban J connectivity index is 1.64. The standard InChI is InChI=1S/C20H20FNO4/c21-14-7-8-18(26-15-3-1-4-15)13(11-14)12-22-9-10-25-19-16(20(23)24)5-2-6-17(19)22/h2,5-8,11,15H,1,3-4,9-10,12H2,(H,23,24). The minimum absolute atomic E-state index is 0.136. The summed E-state index contributed by atoms with van der Waals surface area (Å²) in [6.45, 7) is 1.40. The van der Waals surface area contributed by atoms with Gasteiger partial charge in [0.25, 0.3) is 0 Å². The van der Waals surface area contributed by atoms with Crippen LogP contribution in [0.25, 0.3) is 0 Å². The summed E-state index contributed by atoms with van der Waals surface area (Å²) in [5.41, 5.74) is 1.60. The van der Waals surface area contributed by atoms with Gasteiger partial charge in [-0.2, -0.15) is 0 Å². The van der Waals surface area contributed by atoms with Crippen molar-refractivity contribution in [2.75, 3.05) is 18.1 Å². The van der Waals surface area contributed by atoms with Crippen LogP contribution >= 0.6 is 0 Å². The average molecular weight is 357 g/mol. The maximum atomic E-state index is 13.8. The normalized spacial score (nSPS) is 16.4. The number of hydrogen-bond donors (Lipinski definition) is 1. The smallest absolute Gasteiger partial charge is 0.339 e. The number of aromatic carboxylic acids is 1. The summed E-state index contributed by atoms with van der Waals surface area (Å²) in [4.78, 5) is 13.4. The number of nitrogens with zero attached hydrogens (tertiary/aromatic N) is 1. The Labute approximate surface area is 151 Å². The molecule has 1 N–H and O–H groups in total. The van der Waals surface area contributed by atoms with Gasteiger partial charge in [0, 0.05) is 12.1 Å². The molecule has 136 valence electrons.